The molecule has 0 saturated carbocycles. The van der Waals surface area contributed by atoms with Gasteiger partial charge in [0.15, 0.2) is 0 Å². The summed E-state index contributed by atoms with van der Waals surface area (Å²) in [6.45, 7) is 10.8. The van der Waals surface area contributed by atoms with Gasteiger partial charge in [0.1, 0.15) is 10.8 Å². The molecule has 6 rings (SSSR count). The van der Waals surface area contributed by atoms with Gasteiger partial charge in [-0.05, 0) is 101 Å². The monoisotopic (exact) mass is 605 g/mol. The summed E-state index contributed by atoms with van der Waals surface area (Å²) in [7, 11) is 0. The summed E-state index contributed by atoms with van der Waals surface area (Å²) in [6, 6.07) is 16.3. The Morgan fingerprint density at radius 3 is 2.31 bits per heavy atom. The average molecular weight is 606 g/mol. The van der Waals surface area contributed by atoms with Gasteiger partial charge in [-0.2, -0.15) is 0 Å². The number of hydrogen-bond donors (Lipinski definition) is 2. The van der Waals surface area contributed by atoms with Gasteiger partial charge in [-0.25, -0.2) is 9.97 Å². The standard InChI is InChI=1S/C29H26ClN3O3S.C4H10O/c1-16-13-24-28(27(22(16)15-26(34)35)18-3-6-20(30)7-4-18)37-29(32-24)19-5-8-23-25(14-19)33(17(2)31-23)21-9-11-36-12-10-21;1-4(2,3)5/h3-8,13-14,21H,9-12,15H2,1-2H3,(H,34,35);5H,1-3H3. The molecule has 0 radical (unpaired) electrons. The van der Waals surface area contributed by atoms with Crippen molar-refractivity contribution in [3.8, 4) is 21.7 Å². The maximum Gasteiger partial charge on any atom is 0.307 e. The fourth-order valence-electron chi connectivity index (χ4n) is 5.41. The van der Waals surface area contributed by atoms with Crippen LogP contribution < -0.4 is 0 Å². The summed E-state index contributed by atoms with van der Waals surface area (Å²) in [5, 5.41) is 19.7. The van der Waals surface area contributed by atoms with E-state index in [1.807, 2.05) is 37.3 Å². The third-order valence-electron chi connectivity index (χ3n) is 7.14. The van der Waals surface area contributed by atoms with Crippen LogP contribution in [0.5, 0.6) is 0 Å². The molecule has 3 heterocycles. The van der Waals surface area contributed by atoms with E-state index < -0.39 is 11.6 Å². The van der Waals surface area contributed by atoms with Gasteiger partial charge in [-0.3, -0.25) is 4.79 Å². The van der Waals surface area contributed by atoms with E-state index in [-0.39, 0.29) is 6.42 Å². The number of aryl methyl sites for hydroxylation is 2. The van der Waals surface area contributed by atoms with Gasteiger partial charge < -0.3 is 19.5 Å². The van der Waals surface area contributed by atoms with Gasteiger partial charge in [0.2, 0.25) is 0 Å². The molecular weight excluding hydrogens is 570 g/mol. The molecule has 1 saturated heterocycles. The second-order valence-corrected chi connectivity index (χ2v) is 13.2. The highest BCUT2D eigenvalue weighted by atomic mass is 35.5. The van der Waals surface area contributed by atoms with Gasteiger partial charge in [-0.1, -0.05) is 23.7 Å². The van der Waals surface area contributed by atoms with E-state index in [9.17, 15) is 9.90 Å². The molecule has 0 aliphatic carbocycles. The Bertz CT molecular complexity index is 1740. The highest BCUT2D eigenvalue weighted by molar-refractivity contribution is 7.22. The third-order valence-corrected chi connectivity index (χ3v) is 8.53. The molecule has 2 aromatic heterocycles. The van der Waals surface area contributed by atoms with Crippen LogP contribution in [0.3, 0.4) is 0 Å². The van der Waals surface area contributed by atoms with Crippen LogP contribution in [0, 0.1) is 13.8 Å². The van der Waals surface area contributed by atoms with E-state index in [0.717, 1.165) is 86.0 Å². The van der Waals surface area contributed by atoms with Crippen LogP contribution in [0.25, 0.3) is 42.9 Å². The van der Waals surface area contributed by atoms with E-state index in [1.165, 1.54) is 0 Å². The maximum atomic E-state index is 11.8. The first-order chi connectivity index (χ1) is 19.9. The number of carboxylic acid groups (broad SMARTS) is 1. The molecule has 1 fully saturated rings. The molecule has 0 unspecified atom stereocenters. The van der Waals surface area contributed by atoms with Crippen molar-refractivity contribution < 1.29 is 19.7 Å². The molecule has 0 bridgehead atoms. The Morgan fingerprint density at radius 2 is 1.67 bits per heavy atom. The molecule has 9 heteroatoms. The molecule has 1 aliphatic heterocycles. The average Bonchev–Trinajstić information content (AvgIpc) is 3.48. The Balaban J connectivity index is 0.000000652. The highest BCUT2D eigenvalue weighted by Gasteiger charge is 2.22. The lowest BCUT2D eigenvalue weighted by Crippen LogP contribution is -2.20. The maximum absolute atomic E-state index is 11.8. The summed E-state index contributed by atoms with van der Waals surface area (Å²) < 4.78 is 8.92. The van der Waals surface area contributed by atoms with Crippen LogP contribution in [0.15, 0.2) is 48.5 Å². The van der Waals surface area contributed by atoms with Crippen LogP contribution in [-0.2, 0) is 16.0 Å². The molecule has 0 atom stereocenters. The molecule has 0 spiro atoms. The van der Waals surface area contributed by atoms with Crippen LogP contribution in [0.4, 0.5) is 0 Å². The number of fused-ring (bicyclic) bond motifs is 2. The Labute approximate surface area is 254 Å². The quantitative estimate of drug-likeness (QED) is 0.211. The first kappa shape index (κ1) is 30.2. The molecule has 7 nitrogen and oxygen atoms in total. The van der Waals surface area contributed by atoms with Crippen LogP contribution in [-0.4, -0.2) is 49.5 Å². The van der Waals surface area contributed by atoms with Crippen molar-refractivity contribution in [3.05, 3.63) is 70.5 Å². The summed E-state index contributed by atoms with van der Waals surface area (Å²) in [5.74, 6) is 0.159. The smallest absolute Gasteiger partial charge is 0.307 e. The minimum Gasteiger partial charge on any atom is -0.481 e. The fourth-order valence-corrected chi connectivity index (χ4v) is 6.67. The van der Waals surface area contributed by atoms with Crippen LogP contribution in [0.1, 0.15) is 56.6 Å². The molecule has 0 amide bonds. The fraction of sp³-hybridized carbons (Fsp3) is 0.364. The first-order valence-electron chi connectivity index (χ1n) is 14.1. The number of nitrogens with zero attached hydrogens (tertiary/aromatic N) is 3. The number of hydrogen-bond acceptors (Lipinski definition) is 6. The van der Waals surface area contributed by atoms with E-state index in [1.54, 1.807) is 32.1 Å². The Morgan fingerprint density at radius 1 is 1.02 bits per heavy atom. The number of benzene rings is 3. The van der Waals surface area contributed by atoms with E-state index in [2.05, 4.69) is 29.7 Å². The third kappa shape index (κ3) is 6.68. The lowest BCUT2D eigenvalue weighted by molar-refractivity contribution is -0.136. The molecule has 220 valence electrons. The molecular formula is C33H36ClN3O4S. The van der Waals surface area contributed by atoms with Gasteiger partial charge in [0.25, 0.3) is 0 Å². The number of aromatic nitrogens is 3. The van der Waals surface area contributed by atoms with Gasteiger partial charge in [0.05, 0.1) is 33.3 Å². The number of aliphatic carboxylic acids is 1. The van der Waals surface area contributed by atoms with E-state index in [4.69, 9.17) is 31.4 Å². The number of imidazole rings is 1. The zero-order valence-electron chi connectivity index (χ0n) is 24.6. The summed E-state index contributed by atoms with van der Waals surface area (Å²) in [5.41, 5.74) is 7.07. The second kappa shape index (κ2) is 12.1. The number of carboxylic acids is 1. The predicted molar refractivity (Wildman–Crippen MR) is 171 cm³/mol. The van der Waals surface area contributed by atoms with E-state index >= 15 is 0 Å². The summed E-state index contributed by atoms with van der Waals surface area (Å²) in [6.07, 6.45) is 1.91. The summed E-state index contributed by atoms with van der Waals surface area (Å²) in [4.78, 5) is 21.6. The normalized spacial score (nSPS) is 14.3. The van der Waals surface area contributed by atoms with Crippen molar-refractivity contribution in [3.63, 3.8) is 0 Å². The number of aliphatic hydroxyl groups is 1. The van der Waals surface area contributed by atoms with Gasteiger partial charge >= 0.3 is 5.97 Å². The molecule has 3 aromatic carbocycles. The van der Waals surface area contributed by atoms with Crippen LogP contribution in [0.2, 0.25) is 5.02 Å². The SMILES string of the molecule is CC(C)(C)O.Cc1cc2nc(-c3ccc4nc(C)n(C5CCOCC5)c4c3)sc2c(-c2ccc(Cl)cc2)c1CC(=O)O. The molecule has 42 heavy (non-hydrogen) atoms. The Kier molecular flexibility index (Phi) is 8.71. The minimum atomic E-state index is -0.857. The first-order valence-corrected chi connectivity index (χ1v) is 15.3. The minimum absolute atomic E-state index is 0.0531. The number of ether oxygens (including phenoxy) is 1. The van der Waals surface area contributed by atoms with Crippen LogP contribution >= 0.6 is 22.9 Å². The van der Waals surface area contributed by atoms with Crippen molar-refractivity contribution in [1.82, 2.24) is 14.5 Å². The molecule has 1 aliphatic rings. The van der Waals surface area contributed by atoms with Crippen molar-refractivity contribution in [2.75, 3.05) is 13.2 Å². The van der Waals surface area contributed by atoms with Crippen molar-refractivity contribution >= 4 is 50.2 Å². The largest absolute Gasteiger partial charge is 0.481 e. The highest BCUT2D eigenvalue weighted by Crippen LogP contribution is 2.41. The lowest BCUT2D eigenvalue weighted by Gasteiger charge is -2.25. The number of halogens is 1. The topological polar surface area (TPSA) is 97.5 Å². The number of carbonyl (C=O) groups is 1. The van der Waals surface area contributed by atoms with Gasteiger partial charge in [-0.15, -0.1) is 11.3 Å². The Hall–Kier alpha value is -3.30. The summed E-state index contributed by atoms with van der Waals surface area (Å²) >= 11 is 7.75. The van der Waals surface area contributed by atoms with Crippen molar-refractivity contribution in [1.29, 1.82) is 0 Å². The number of thiazole rings is 1. The lowest BCUT2D eigenvalue weighted by atomic mass is 9.93. The second-order valence-electron chi connectivity index (χ2n) is 11.7. The zero-order valence-corrected chi connectivity index (χ0v) is 26.1. The molecule has 5 aromatic rings. The van der Waals surface area contributed by atoms with Gasteiger partial charge in [0, 0.05) is 35.4 Å². The van der Waals surface area contributed by atoms with E-state index in [0.29, 0.717) is 11.1 Å². The molecule has 2 N–H and O–H groups in total. The zero-order chi connectivity index (χ0) is 30.2. The van der Waals surface area contributed by atoms with Crippen molar-refractivity contribution in [2.24, 2.45) is 0 Å². The number of rotatable bonds is 5. The van der Waals surface area contributed by atoms with Crippen molar-refractivity contribution in [2.45, 2.75) is 65.5 Å². The predicted octanol–water partition coefficient (Wildman–Crippen LogP) is 8.01.